The summed E-state index contributed by atoms with van der Waals surface area (Å²) in [4.78, 5) is 18.9. The first-order valence-electron chi connectivity index (χ1n) is 14.9. The quantitative estimate of drug-likeness (QED) is 0.0511. The van der Waals surface area contributed by atoms with E-state index >= 15 is 0 Å². The van der Waals surface area contributed by atoms with E-state index in [0.717, 1.165) is 22.9 Å². The Morgan fingerprint density at radius 1 is 0.632 bits per heavy atom. The second-order valence-corrected chi connectivity index (χ2v) is 12.2. The number of benzene rings is 4. The largest absolute Gasteiger partial charge is 3.00 e. The van der Waals surface area contributed by atoms with Crippen LogP contribution in [0.15, 0.2) is 116 Å². The van der Waals surface area contributed by atoms with Crippen LogP contribution in [0.2, 0.25) is 0 Å². The number of nitro benzene ring substituents is 2. The molecule has 0 aliphatic carbocycles. The fourth-order valence-electron chi connectivity index (χ4n) is 4.55. The Balaban J connectivity index is 0.000000377. The maximum absolute atomic E-state index is 12.5. The van der Waals surface area contributed by atoms with Crippen molar-refractivity contribution in [3.8, 4) is 34.6 Å². The third kappa shape index (κ3) is 11.3. The predicted octanol–water partition coefficient (Wildman–Crippen LogP) is -1.79. The summed E-state index contributed by atoms with van der Waals surface area (Å²) in [5, 5.41) is 93.3. The minimum Gasteiger partial charge on any atom is -0.871 e. The summed E-state index contributed by atoms with van der Waals surface area (Å²) < 4.78 is 35.8. The molecule has 0 atom stereocenters. The molecule has 0 spiro atoms. The first kappa shape index (κ1) is 48.1. The van der Waals surface area contributed by atoms with E-state index in [2.05, 4.69) is 30.7 Å². The van der Waals surface area contributed by atoms with Crippen LogP contribution >= 0.6 is 0 Å². The maximum Gasteiger partial charge on any atom is 3.00 e. The first-order chi connectivity index (χ1) is 25.6. The Hall–Kier alpha value is -5.06. The minimum absolute atomic E-state index is 0. The van der Waals surface area contributed by atoms with Gasteiger partial charge in [0.25, 0.3) is 11.4 Å². The molecule has 6 rings (SSSR count). The molecular formula is C32H21CrN10Na2O11S. The topological polar surface area (TPSA) is 321 Å². The van der Waals surface area contributed by atoms with Gasteiger partial charge in [-0.15, -0.1) is 10.2 Å². The zero-order valence-electron chi connectivity index (χ0n) is 29.9. The van der Waals surface area contributed by atoms with Crippen molar-refractivity contribution < 1.29 is 120 Å². The molecule has 0 aliphatic rings. The Bertz CT molecular complexity index is 2580. The molecule has 25 heteroatoms. The van der Waals surface area contributed by atoms with E-state index in [0.29, 0.717) is 29.2 Å². The number of hydrogen-bond acceptors (Lipinski definition) is 17. The van der Waals surface area contributed by atoms with Gasteiger partial charge in [0.15, 0.2) is 0 Å². The molecule has 0 N–H and O–H groups in total. The molecule has 0 fully saturated rings. The van der Waals surface area contributed by atoms with Gasteiger partial charge in [-0.25, -0.2) is 17.8 Å². The normalized spacial score (nSPS) is 10.9. The van der Waals surface area contributed by atoms with Crippen LogP contribution in [0, 0.1) is 34.1 Å². The van der Waals surface area contributed by atoms with Crippen LogP contribution in [0.1, 0.15) is 11.4 Å². The molecule has 0 saturated heterocycles. The smallest absolute Gasteiger partial charge is 0.871 e. The van der Waals surface area contributed by atoms with Gasteiger partial charge in [0.05, 0.1) is 48.9 Å². The van der Waals surface area contributed by atoms with Crippen LogP contribution in [0.25, 0.3) is 11.4 Å². The van der Waals surface area contributed by atoms with Crippen molar-refractivity contribution >= 4 is 44.2 Å². The second kappa shape index (κ2) is 20.4. The van der Waals surface area contributed by atoms with Gasteiger partial charge in [0.2, 0.25) is 0 Å². The zero-order chi connectivity index (χ0) is 39.3. The van der Waals surface area contributed by atoms with Gasteiger partial charge in [-0.3, -0.25) is 20.2 Å². The van der Waals surface area contributed by atoms with Gasteiger partial charge < -0.3 is 25.0 Å². The van der Waals surface area contributed by atoms with E-state index < -0.39 is 59.5 Å². The molecule has 0 amide bonds. The van der Waals surface area contributed by atoms with Crippen molar-refractivity contribution in [3.63, 3.8) is 0 Å². The van der Waals surface area contributed by atoms with Gasteiger partial charge in [0, 0.05) is 35.7 Å². The van der Waals surface area contributed by atoms with Crippen LogP contribution < -0.4 is 79.5 Å². The number of para-hydroxylation sites is 2. The first-order valence-corrected chi connectivity index (χ1v) is 16.4. The van der Waals surface area contributed by atoms with E-state index in [-0.39, 0.29) is 105 Å². The molecule has 2 aromatic heterocycles. The number of aryl methyl sites for hydroxylation is 2. The van der Waals surface area contributed by atoms with Crippen LogP contribution in [0.3, 0.4) is 0 Å². The number of non-ortho nitro benzene ring substituents is 1. The average molecular weight is 852 g/mol. The van der Waals surface area contributed by atoms with E-state index in [9.17, 15) is 53.6 Å². The molecule has 2 heterocycles. The van der Waals surface area contributed by atoms with Crippen molar-refractivity contribution in [2.45, 2.75) is 18.7 Å². The van der Waals surface area contributed by atoms with E-state index in [4.69, 9.17) is 0 Å². The molecule has 21 nitrogen and oxygen atoms in total. The van der Waals surface area contributed by atoms with Gasteiger partial charge in [-0.1, -0.05) is 48.2 Å². The Morgan fingerprint density at radius 2 is 1.09 bits per heavy atom. The van der Waals surface area contributed by atoms with Crippen LogP contribution in [-0.4, -0.2) is 42.4 Å². The molecule has 0 unspecified atom stereocenters. The molecule has 0 saturated carbocycles. The molecule has 57 heavy (non-hydrogen) atoms. The summed E-state index contributed by atoms with van der Waals surface area (Å²) in [5.74, 6) is -2.96. The number of rotatable bonds is 9. The van der Waals surface area contributed by atoms with Crippen molar-refractivity contribution in [1.82, 2.24) is 19.6 Å². The average Bonchev–Trinajstić information content (AvgIpc) is 3.59. The molecular weight excluding hydrogens is 830 g/mol. The summed E-state index contributed by atoms with van der Waals surface area (Å²) in [7, 11) is -5.10. The van der Waals surface area contributed by atoms with Crippen LogP contribution in [-0.2, 0) is 27.5 Å². The number of nitro groups is 2. The fourth-order valence-corrected chi connectivity index (χ4v) is 5.06. The summed E-state index contributed by atoms with van der Waals surface area (Å²) in [6.45, 7) is 3.04. The van der Waals surface area contributed by atoms with Gasteiger partial charge in [-0.05, 0) is 44.2 Å². The molecule has 6 aromatic rings. The second-order valence-electron chi connectivity index (χ2n) is 10.8. The fraction of sp³-hybridized carbons (Fsp3) is 0.0625. The SMILES string of the molecule is Cc1nn(-c2ccccc2)c([O-])c1N=Nc1cc(S(=O)(=O)[O-])cc([N+](=O)[O-])c1[O-].Cc1nn(-c2ccccc2)c([O-])c1N=Nc1cc([N+](=O)[O-])ccc1[O-].[Cr+3].[Na+].[Na+]. The molecule has 279 valence electrons. The van der Waals surface area contributed by atoms with Crippen molar-refractivity contribution in [3.05, 3.63) is 123 Å². The summed E-state index contributed by atoms with van der Waals surface area (Å²) in [6, 6.07) is 21.1. The Kier molecular flexibility index (Phi) is 17.2. The molecule has 0 aliphatic heterocycles. The Labute approximate surface area is 376 Å². The number of aromatic nitrogens is 4. The van der Waals surface area contributed by atoms with E-state index in [1.165, 1.54) is 11.6 Å². The van der Waals surface area contributed by atoms with Crippen molar-refractivity contribution in [2.75, 3.05) is 0 Å². The number of nitrogens with zero attached hydrogens (tertiary/aromatic N) is 10. The summed E-state index contributed by atoms with van der Waals surface area (Å²) >= 11 is 0. The predicted molar refractivity (Wildman–Crippen MR) is 177 cm³/mol. The third-order valence-electron chi connectivity index (χ3n) is 7.15. The maximum atomic E-state index is 12.5. The number of hydrogen-bond donors (Lipinski definition) is 0. The number of azo groups is 2. The third-order valence-corrected chi connectivity index (χ3v) is 7.97. The van der Waals surface area contributed by atoms with E-state index in [1.54, 1.807) is 61.5 Å². The Morgan fingerprint density at radius 3 is 1.51 bits per heavy atom. The summed E-state index contributed by atoms with van der Waals surface area (Å²) in [5.41, 5.74) is -1.24. The van der Waals surface area contributed by atoms with Gasteiger partial charge in [0.1, 0.15) is 21.5 Å². The van der Waals surface area contributed by atoms with Crippen molar-refractivity contribution in [2.24, 2.45) is 20.5 Å². The van der Waals surface area contributed by atoms with Crippen LogP contribution in [0.4, 0.5) is 34.1 Å². The molecule has 0 bridgehead atoms. The summed E-state index contributed by atoms with van der Waals surface area (Å²) in [6.07, 6.45) is 0. The monoisotopic (exact) mass is 851 g/mol. The van der Waals surface area contributed by atoms with Gasteiger partial charge in [-0.2, -0.15) is 20.4 Å². The zero-order valence-corrected chi connectivity index (χ0v) is 36.0. The molecule has 1 radical (unpaired) electrons. The van der Waals surface area contributed by atoms with Gasteiger partial charge >= 0.3 is 76.5 Å². The van der Waals surface area contributed by atoms with Crippen molar-refractivity contribution in [1.29, 1.82) is 0 Å². The standard InChI is InChI=1S/C16H13N5O7S.C16H13N5O4.Cr.2Na/c1-9-14(16(23)20(19-9)10-5-3-2-4-6-10)18-17-12-7-11(29(26,27)28)8-13(15(12)22)21(24)25;1-10-15(16(23)20(19-10)11-5-3-2-4-6-11)18-17-13-9-12(21(24)25)7-8-14(13)22;;;/h2-8,22-23H,1H3,(H,26,27,28);2-9,22-23H,1H3;;;/q;;+3;2*+1/p-5. The van der Waals surface area contributed by atoms with E-state index in [1.807, 2.05) is 6.07 Å². The molecule has 4 aromatic carbocycles. The minimum atomic E-state index is -5.10. The van der Waals surface area contributed by atoms with Crippen LogP contribution in [0.5, 0.6) is 23.3 Å².